The largest absolute Gasteiger partial charge is 0.384 e. The van der Waals surface area contributed by atoms with Crippen LogP contribution in [0.4, 0.5) is 11.6 Å². The number of hydrogen-bond donors (Lipinski definition) is 2. The average molecular weight is 254 g/mol. The Morgan fingerprint density at radius 3 is 2.84 bits per heavy atom. The molecule has 2 aromatic rings. The quantitative estimate of drug-likeness (QED) is 0.865. The molecule has 1 aliphatic rings. The maximum Gasteiger partial charge on any atom is 0.131 e. The van der Waals surface area contributed by atoms with Crippen molar-refractivity contribution in [2.75, 3.05) is 11.1 Å². The van der Waals surface area contributed by atoms with Crippen LogP contribution in [0.2, 0.25) is 0 Å². The van der Waals surface area contributed by atoms with E-state index in [1.165, 1.54) is 17.5 Å². The highest BCUT2D eigenvalue weighted by Crippen LogP contribution is 2.45. The summed E-state index contributed by atoms with van der Waals surface area (Å²) in [7, 11) is 0. The Morgan fingerprint density at radius 2 is 2.05 bits per heavy atom. The fourth-order valence-corrected chi connectivity index (χ4v) is 2.91. The number of nitrogens with zero attached hydrogens (tertiary/aromatic N) is 2. The maximum atomic E-state index is 5.69. The molecule has 3 N–H and O–H groups in total. The Morgan fingerprint density at radius 1 is 1.26 bits per heavy atom. The Kier molecular flexibility index (Phi) is 2.66. The van der Waals surface area contributed by atoms with Crippen LogP contribution in [0.3, 0.4) is 0 Å². The third-order valence-electron chi connectivity index (χ3n) is 3.79. The predicted molar refractivity (Wildman–Crippen MR) is 76.9 cm³/mol. The fraction of sp³-hybridized carbons (Fsp3) is 0.333. The molecule has 4 nitrogen and oxygen atoms in total. The van der Waals surface area contributed by atoms with Gasteiger partial charge in [0.15, 0.2) is 0 Å². The Labute approximate surface area is 113 Å². The van der Waals surface area contributed by atoms with Gasteiger partial charge in [-0.1, -0.05) is 38.1 Å². The molecule has 19 heavy (non-hydrogen) atoms. The summed E-state index contributed by atoms with van der Waals surface area (Å²) in [5.41, 5.74) is 8.64. The van der Waals surface area contributed by atoms with Gasteiger partial charge >= 0.3 is 0 Å². The summed E-state index contributed by atoms with van der Waals surface area (Å²) in [6, 6.07) is 10.6. The second-order valence-electron chi connectivity index (χ2n) is 5.70. The Balaban J connectivity index is 1.92. The van der Waals surface area contributed by atoms with E-state index in [1.54, 1.807) is 6.07 Å². The van der Waals surface area contributed by atoms with Crippen LogP contribution in [0.15, 0.2) is 36.7 Å². The van der Waals surface area contributed by atoms with Gasteiger partial charge < -0.3 is 11.1 Å². The van der Waals surface area contributed by atoms with Gasteiger partial charge in [0.2, 0.25) is 0 Å². The smallest absolute Gasteiger partial charge is 0.131 e. The van der Waals surface area contributed by atoms with E-state index >= 15 is 0 Å². The second kappa shape index (κ2) is 4.23. The molecule has 0 saturated carbocycles. The van der Waals surface area contributed by atoms with Crippen molar-refractivity contribution in [2.45, 2.75) is 31.7 Å². The highest BCUT2D eigenvalue weighted by Gasteiger charge is 2.36. The first-order chi connectivity index (χ1) is 9.06. The normalized spacial score (nSPS) is 20.0. The van der Waals surface area contributed by atoms with E-state index in [0.717, 1.165) is 12.2 Å². The number of rotatable bonds is 2. The van der Waals surface area contributed by atoms with E-state index in [1.807, 2.05) is 0 Å². The second-order valence-corrected chi connectivity index (χ2v) is 5.70. The van der Waals surface area contributed by atoms with Crippen LogP contribution in [-0.2, 0) is 5.41 Å². The molecule has 1 aliphatic carbocycles. The lowest BCUT2D eigenvalue weighted by molar-refractivity contribution is 0.493. The van der Waals surface area contributed by atoms with Crippen molar-refractivity contribution in [2.24, 2.45) is 0 Å². The SMILES string of the molecule is CC1(C)C[C@H](Nc2cc(N)ncn2)c2ccccc21. The van der Waals surface area contributed by atoms with E-state index in [2.05, 4.69) is 53.4 Å². The molecular weight excluding hydrogens is 236 g/mol. The lowest BCUT2D eigenvalue weighted by Gasteiger charge is -2.19. The van der Waals surface area contributed by atoms with Gasteiger partial charge in [-0.3, -0.25) is 0 Å². The van der Waals surface area contributed by atoms with Crippen LogP contribution in [0.25, 0.3) is 0 Å². The van der Waals surface area contributed by atoms with Crippen LogP contribution >= 0.6 is 0 Å². The zero-order chi connectivity index (χ0) is 13.5. The number of fused-ring (bicyclic) bond motifs is 1. The molecule has 0 radical (unpaired) electrons. The van der Waals surface area contributed by atoms with Crippen molar-refractivity contribution in [3.63, 3.8) is 0 Å². The summed E-state index contributed by atoms with van der Waals surface area (Å²) < 4.78 is 0. The molecule has 0 saturated heterocycles. The topological polar surface area (TPSA) is 63.8 Å². The first kappa shape index (κ1) is 12.0. The molecule has 1 heterocycles. The summed E-state index contributed by atoms with van der Waals surface area (Å²) in [5.74, 6) is 1.27. The Bertz CT molecular complexity index is 607. The minimum absolute atomic E-state index is 0.187. The number of nitrogen functional groups attached to an aromatic ring is 1. The number of anilines is 2. The molecular formula is C15H18N4. The first-order valence-electron chi connectivity index (χ1n) is 6.50. The van der Waals surface area contributed by atoms with Gasteiger partial charge in [-0.2, -0.15) is 0 Å². The van der Waals surface area contributed by atoms with Crippen molar-refractivity contribution < 1.29 is 0 Å². The van der Waals surface area contributed by atoms with Crippen LogP contribution in [-0.4, -0.2) is 9.97 Å². The van der Waals surface area contributed by atoms with Crippen LogP contribution in [0, 0.1) is 0 Å². The molecule has 0 bridgehead atoms. The zero-order valence-corrected chi connectivity index (χ0v) is 11.2. The van der Waals surface area contributed by atoms with E-state index in [9.17, 15) is 0 Å². The van der Waals surface area contributed by atoms with E-state index in [-0.39, 0.29) is 11.5 Å². The fourth-order valence-electron chi connectivity index (χ4n) is 2.91. The number of benzene rings is 1. The van der Waals surface area contributed by atoms with E-state index in [4.69, 9.17) is 5.73 Å². The molecule has 4 heteroatoms. The molecule has 98 valence electrons. The van der Waals surface area contributed by atoms with Gasteiger partial charge in [-0.25, -0.2) is 9.97 Å². The van der Waals surface area contributed by atoms with Crippen LogP contribution in [0.1, 0.15) is 37.4 Å². The van der Waals surface area contributed by atoms with Gasteiger partial charge in [0.1, 0.15) is 18.0 Å². The predicted octanol–water partition coefficient (Wildman–Crippen LogP) is 2.89. The molecule has 1 aromatic carbocycles. The van der Waals surface area contributed by atoms with Crippen LogP contribution in [0.5, 0.6) is 0 Å². The molecule has 0 fully saturated rings. The summed E-state index contributed by atoms with van der Waals surface area (Å²) in [6.45, 7) is 4.56. The minimum atomic E-state index is 0.187. The van der Waals surface area contributed by atoms with Gasteiger partial charge in [0.05, 0.1) is 6.04 Å². The highest BCUT2D eigenvalue weighted by atomic mass is 15.1. The first-order valence-corrected chi connectivity index (χ1v) is 6.50. The maximum absolute atomic E-state index is 5.69. The Hall–Kier alpha value is -2.10. The van der Waals surface area contributed by atoms with Gasteiger partial charge in [0.25, 0.3) is 0 Å². The number of hydrogen-bond acceptors (Lipinski definition) is 4. The standard InChI is InChI=1S/C15H18N4/c1-15(2)8-12(10-5-3-4-6-11(10)15)19-14-7-13(16)17-9-18-14/h3-7,9,12H,8H2,1-2H3,(H3,16,17,18,19)/t12-/m0/s1. The third kappa shape index (κ3) is 2.14. The number of nitrogens with two attached hydrogens (primary N) is 1. The van der Waals surface area contributed by atoms with Crippen molar-refractivity contribution in [1.82, 2.24) is 9.97 Å². The molecule has 1 atom stereocenters. The third-order valence-corrected chi connectivity index (χ3v) is 3.79. The lowest BCUT2D eigenvalue weighted by Crippen LogP contribution is -2.15. The van der Waals surface area contributed by atoms with E-state index in [0.29, 0.717) is 5.82 Å². The molecule has 0 unspecified atom stereocenters. The van der Waals surface area contributed by atoms with Crippen molar-refractivity contribution in [1.29, 1.82) is 0 Å². The zero-order valence-electron chi connectivity index (χ0n) is 11.2. The molecule has 1 aromatic heterocycles. The van der Waals surface area contributed by atoms with E-state index < -0.39 is 0 Å². The molecule has 0 aliphatic heterocycles. The van der Waals surface area contributed by atoms with Crippen molar-refractivity contribution >= 4 is 11.6 Å². The van der Waals surface area contributed by atoms with Gasteiger partial charge in [-0.15, -0.1) is 0 Å². The minimum Gasteiger partial charge on any atom is -0.384 e. The molecule has 0 amide bonds. The summed E-state index contributed by atoms with van der Waals surface area (Å²) in [5, 5.41) is 3.46. The molecule has 0 spiro atoms. The number of nitrogens with one attached hydrogen (secondary N) is 1. The van der Waals surface area contributed by atoms with Crippen LogP contribution < -0.4 is 11.1 Å². The summed E-state index contributed by atoms with van der Waals surface area (Å²) in [4.78, 5) is 8.14. The van der Waals surface area contributed by atoms with Crippen molar-refractivity contribution in [3.8, 4) is 0 Å². The number of aromatic nitrogens is 2. The average Bonchev–Trinajstić information content (AvgIpc) is 2.62. The van der Waals surface area contributed by atoms with Crippen molar-refractivity contribution in [3.05, 3.63) is 47.8 Å². The highest BCUT2D eigenvalue weighted by molar-refractivity contribution is 5.49. The molecule has 3 rings (SSSR count). The summed E-state index contributed by atoms with van der Waals surface area (Å²) >= 11 is 0. The lowest BCUT2D eigenvalue weighted by atomic mass is 9.86. The monoisotopic (exact) mass is 254 g/mol. The van der Waals surface area contributed by atoms with Gasteiger partial charge in [-0.05, 0) is 23.0 Å². The summed E-state index contributed by atoms with van der Waals surface area (Å²) in [6.07, 6.45) is 2.54. The van der Waals surface area contributed by atoms with Gasteiger partial charge in [0, 0.05) is 6.07 Å².